The highest BCUT2D eigenvalue weighted by Crippen LogP contribution is 2.38. The Bertz CT molecular complexity index is 3070. The van der Waals surface area contributed by atoms with E-state index in [1.807, 2.05) is 152 Å². The molecule has 8 aromatic carbocycles. The Kier molecular flexibility index (Phi) is 16.8. The number of rotatable bonds is 22. The smallest absolute Gasteiger partial charge is 0.339 e. The molecule has 8 aromatic rings. The highest BCUT2D eigenvalue weighted by atomic mass is 16.5. The largest absolute Gasteiger partial charge is 0.489 e. The van der Waals surface area contributed by atoms with Crippen molar-refractivity contribution in [2.45, 2.75) is 58.3 Å². The summed E-state index contributed by atoms with van der Waals surface area (Å²) in [6, 6.07) is 62.3. The van der Waals surface area contributed by atoms with Crippen LogP contribution in [0.5, 0.6) is 23.0 Å². The van der Waals surface area contributed by atoms with Gasteiger partial charge in [-0.15, -0.1) is 0 Å². The van der Waals surface area contributed by atoms with Crippen molar-refractivity contribution in [3.8, 4) is 23.0 Å². The van der Waals surface area contributed by atoms with Gasteiger partial charge >= 0.3 is 5.97 Å². The van der Waals surface area contributed by atoms with Gasteiger partial charge in [0.15, 0.2) is 0 Å². The lowest BCUT2D eigenvalue weighted by atomic mass is 9.94. The summed E-state index contributed by atoms with van der Waals surface area (Å²) in [5.74, 6) is -1.16. The fourth-order valence-electron chi connectivity index (χ4n) is 8.85. The molecule has 2 amide bonds. The van der Waals surface area contributed by atoms with Crippen molar-refractivity contribution in [2.24, 2.45) is 5.92 Å². The predicted molar refractivity (Wildman–Crippen MR) is 282 cm³/mol. The number of ketones is 1. The topological polar surface area (TPSA) is 138 Å². The van der Waals surface area contributed by atoms with Gasteiger partial charge in [0.25, 0.3) is 11.8 Å². The fourth-order valence-corrected chi connectivity index (χ4v) is 8.85. The zero-order chi connectivity index (χ0) is 50.9. The number of carbonyl (C=O) groups is 4. The van der Waals surface area contributed by atoms with Crippen LogP contribution >= 0.6 is 0 Å². The molecule has 0 spiro atoms. The van der Waals surface area contributed by atoms with Crippen LogP contribution in [0.4, 0.5) is 0 Å². The Hall–Kier alpha value is -8.96. The van der Waals surface area contributed by atoms with Crippen molar-refractivity contribution in [3.63, 3.8) is 0 Å². The summed E-state index contributed by atoms with van der Waals surface area (Å²) in [7, 11) is 0. The zero-order valence-corrected chi connectivity index (χ0v) is 40.8. The molecule has 74 heavy (non-hydrogen) atoms. The standard InChI is InChI=1S/C63H56N2O9/c66-60(58-53(63(69)74-43-48-26-14-5-15-27-48)29-17-31-55(58)71-40-45-20-8-2-9-21-45)59-56(72-41-46-22-10-3-11-23-46)36-51(37-57(59)73-42-47-24-12-4-13-25-47)61(67)64-38-50-28-16-30-54(50)65-62(68)49-32-34-52(35-33-49)70-39-44-18-6-1-7-19-44/h1-15,17-27,29,31-37,50,54H,16,28,30,38-43H2,(H,64,67)(H,65,68). The summed E-state index contributed by atoms with van der Waals surface area (Å²) < 4.78 is 31.2. The Morgan fingerprint density at radius 2 is 0.905 bits per heavy atom. The number of esters is 1. The number of benzene rings is 8. The van der Waals surface area contributed by atoms with E-state index in [1.165, 1.54) is 18.2 Å². The second kappa shape index (κ2) is 24.9. The quantitative estimate of drug-likeness (QED) is 0.0502. The predicted octanol–water partition coefficient (Wildman–Crippen LogP) is 11.9. The third-order valence-corrected chi connectivity index (χ3v) is 12.8. The second-order valence-corrected chi connectivity index (χ2v) is 18.0. The molecule has 1 aliphatic rings. The number of ether oxygens (including phenoxy) is 5. The van der Waals surface area contributed by atoms with Crippen LogP contribution in [-0.4, -0.2) is 36.2 Å². The molecule has 0 saturated heterocycles. The van der Waals surface area contributed by atoms with Crippen molar-refractivity contribution >= 4 is 23.6 Å². The van der Waals surface area contributed by atoms with E-state index in [0.29, 0.717) is 17.9 Å². The summed E-state index contributed by atoms with van der Waals surface area (Å²) in [6.07, 6.45) is 2.43. The van der Waals surface area contributed by atoms with Gasteiger partial charge < -0.3 is 34.3 Å². The minimum atomic E-state index is -0.736. The molecule has 11 heteroatoms. The Balaban J connectivity index is 1.01. The highest BCUT2D eigenvalue weighted by molar-refractivity contribution is 6.19. The molecule has 11 nitrogen and oxygen atoms in total. The maximum Gasteiger partial charge on any atom is 0.339 e. The molecule has 0 heterocycles. The van der Waals surface area contributed by atoms with Crippen LogP contribution in [0.15, 0.2) is 206 Å². The van der Waals surface area contributed by atoms with Crippen LogP contribution in [0, 0.1) is 5.92 Å². The first kappa shape index (κ1) is 50.0. The summed E-state index contributed by atoms with van der Waals surface area (Å²) in [5, 5.41) is 6.31. The van der Waals surface area contributed by atoms with Crippen molar-refractivity contribution in [2.75, 3.05) is 6.54 Å². The van der Waals surface area contributed by atoms with Crippen LogP contribution in [-0.2, 0) is 37.8 Å². The van der Waals surface area contributed by atoms with Crippen LogP contribution in [0.2, 0.25) is 0 Å². The van der Waals surface area contributed by atoms with E-state index >= 15 is 4.79 Å². The summed E-state index contributed by atoms with van der Waals surface area (Å²) >= 11 is 0. The first-order valence-corrected chi connectivity index (χ1v) is 24.8. The lowest BCUT2D eigenvalue weighted by Gasteiger charge is -2.22. The highest BCUT2D eigenvalue weighted by Gasteiger charge is 2.32. The maximum absolute atomic E-state index is 15.7. The van der Waals surface area contributed by atoms with Gasteiger partial charge in [-0.1, -0.05) is 164 Å². The summed E-state index contributed by atoms with van der Waals surface area (Å²) in [5.41, 5.74) is 4.87. The van der Waals surface area contributed by atoms with E-state index in [1.54, 1.807) is 36.4 Å². The molecule has 2 unspecified atom stereocenters. The van der Waals surface area contributed by atoms with Gasteiger partial charge in [0.05, 0.1) is 11.1 Å². The van der Waals surface area contributed by atoms with E-state index in [0.717, 1.165) is 47.1 Å². The molecular formula is C63H56N2O9. The van der Waals surface area contributed by atoms with Gasteiger partial charge in [-0.05, 0) is 95.1 Å². The Morgan fingerprint density at radius 3 is 1.42 bits per heavy atom. The number of amides is 2. The van der Waals surface area contributed by atoms with Crippen LogP contribution in [0.25, 0.3) is 0 Å². The molecule has 0 aromatic heterocycles. The van der Waals surface area contributed by atoms with Gasteiger partial charge in [-0.2, -0.15) is 0 Å². The van der Waals surface area contributed by atoms with E-state index in [4.69, 9.17) is 23.7 Å². The molecule has 1 fully saturated rings. The van der Waals surface area contributed by atoms with Crippen LogP contribution in [0.3, 0.4) is 0 Å². The van der Waals surface area contributed by atoms with E-state index < -0.39 is 17.7 Å². The molecule has 0 bridgehead atoms. The third kappa shape index (κ3) is 13.3. The molecule has 9 rings (SSSR count). The lowest BCUT2D eigenvalue weighted by Crippen LogP contribution is -2.42. The van der Waals surface area contributed by atoms with Gasteiger partial charge in [0.2, 0.25) is 5.78 Å². The summed E-state index contributed by atoms with van der Waals surface area (Å²) in [6.45, 7) is 0.836. The van der Waals surface area contributed by atoms with Crippen LogP contribution in [0.1, 0.15) is 94.1 Å². The normalized spacial score (nSPS) is 13.8. The lowest BCUT2D eigenvalue weighted by molar-refractivity contribution is 0.0469. The first-order valence-electron chi connectivity index (χ1n) is 24.8. The number of hydrogen-bond donors (Lipinski definition) is 2. The van der Waals surface area contributed by atoms with E-state index in [2.05, 4.69) is 10.6 Å². The first-order chi connectivity index (χ1) is 36.3. The molecule has 1 saturated carbocycles. The SMILES string of the molecule is O=C(NCC1CCCC1NC(=O)c1ccc(OCc2ccccc2)cc1)c1cc(OCc2ccccc2)c(C(=O)c2c(OCc3ccccc3)cccc2C(=O)OCc2ccccc2)c(OCc2ccccc2)c1. The minimum absolute atomic E-state index is 0.0179. The average Bonchev–Trinajstić information content (AvgIpc) is 3.91. The summed E-state index contributed by atoms with van der Waals surface area (Å²) in [4.78, 5) is 57.8. The van der Waals surface area contributed by atoms with Crippen molar-refractivity contribution < 1.29 is 42.9 Å². The monoisotopic (exact) mass is 984 g/mol. The molecule has 2 N–H and O–H groups in total. The van der Waals surface area contributed by atoms with Gasteiger partial charge in [-0.3, -0.25) is 14.4 Å². The zero-order valence-electron chi connectivity index (χ0n) is 40.8. The van der Waals surface area contributed by atoms with Gasteiger partial charge in [0.1, 0.15) is 61.6 Å². The van der Waals surface area contributed by atoms with Crippen molar-refractivity contribution in [1.29, 1.82) is 0 Å². The molecule has 0 aliphatic heterocycles. The fraction of sp³-hybridized carbons (Fsp3) is 0.175. The minimum Gasteiger partial charge on any atom is -0.489 e. The van der Waals surface area contributed by atoms with Crippen molar-refractivity contribution in [3.05, 3.63) is 262 Å². The number of hydrogen-bond acceptors (Lipinski definition) is 9. The third-order valence-electron chi connectivity index (χ3n) is 12.8. The maximum atomic E-state index is 15.7. The van der Waals surface area contributed by atoms with E-state index in [9.17, 15) is 14.4 Å². The van der Waals surface area contributed by atoms with Gasteiger partial charge in [-0.25, -0.2) is 4.79 Å². The van der Waals surface area contributed by atoms with Gasteiger partial charge in [0, 0.05) is 23.7 Å². The number of nitrogens with one attached hydrogen (secondary N) is 2. The Labute approximate surface area is 431 Å². The average molecular weight is 985 g/mol. The molecule has 372 valence electrons. The van der Waals surface area contributed by atoms with Crippen molar-refractivity contribution in [1.82, 2.24) is 10.6 Å². The number of carbonyl (C=O) groups excluding carboxylic acids is 4. The molecular weight excluding hydrogens is 929 g/mol. The van der Waals surface area contributed by atoms with Crippen LogP contribution < -0.4 is 29.6 Å². The molecule has 1 aliphatic carbocycles. The Morgan fingerprint density at radius 1 is 0.432 bits per heavy atom. The molecule has 0 radical (unpaired) electrons. The van der Waals surface area contributed by atoms with E-state index in [-0.39, 0.29) is 90.3 Å². The second-order valence-electron chi connectivity index (χ2n) is 18.0. The molecule has 2 atom stereocenters.